The Bertz CT molecular complexity index is 516. The zero-order valence-electron chi connectivity index (χ0n) is 9.34. The number of aromatic nitrogens is 3. The van der Waals surface area contributed by atoms with Crippen molar-refractivity contribution < 1.29 is 4.79 Å². The molecule has 0 aliphatic carbocycles. The Balaban J connectivity index is 2.48. The van der Waals surface area contributed by atoms with Crippen LogP contribution in [0.3, 0.4) is 0 Å². The van der Waals surface area contributed by atoms with Crippen molar-refractivity contribution in [1.82, 2.24) is 14.5 Å². The van der Waals surface area contributed by atoms with Crippen LogP contribution in [0.15, 0.2) is 30.6 Å². The molecule has 2 heterocycles. The highest BCUT2D eigenvalue weighted by atomic mass is 16.1. The van der Waals surface area contributed by atoms with E-state index < -0.39 is 0 Å². The van der Waals surface area contributed by atoms with Crippen LogP contribution in [0.4, 0.5) is 0 Å². The quantitative estimate of drug-likeness (QED) is 0.736. The van der Waals surface area contributed by atoms with Gasteiger partial charge in [0, 0.05) is 25.7 Å². The van der Waals surface area contributed by atoms with Crippen molar-refractivity contribution in [2.75, 3.05) is 0 Å². The first-order chi connectivity index (χ1) is 7.72. The third-order valence-electron chi connectivity index (χ3n) is 2.38. The zero-order chi connectivity index (χ0) is 11.5. The fourth-order valence-corrected chi connectivity index (χ4v) is 1.56. The van der Waals surface area contributed by atoms with Crippen LogP contribution < -0.4 is 0 Å². The lowest BCUT2D eigenvalue weighted by atomic mass is 10.3. The monoisotopic (exact) mass is 215 g/mol. The molecule has 0 fully saturated rings. The first-order valence-corrected chi connectivity index (χ1v) is 5.23. The van der Waals surface area contributed by atoms with Gasteiger partial charge in [-0.1, -0.05) is 13.0 Å². The first kappa shape index (κ1) is 10.5. The molecular weight excluding hydrogens is 202 g/mol. The Morgan fingerprint density at radius 2 is 2.25 bits per heavy atom. The van der Waals surface area contributed by atoms with Crippen LogP contribution in [0.2, 0.25) is 0 Å². The van der Waals surface area contributed by atoms with Gasteiger partial charge in [-0.25, -0.2) is 9.97 Å². The maximum atomic E-state index is 11.2. The minimum absolute atomic E-state index is 0.0278. The summed E-state index contributed by atoms with van der Waals surface area (Å²) in [6.07, 6.45) is 4.42. The van der Waals surface area contributed by atoms with Gasteiger partial charge in [0.25, 0.3) is 0 Å². The van der Waals surface area contributed by atoms with E-state index in [9.17, 15) is 4.79 Å². The largest absolute Gasteiger partial charge is 0.293 e. The third kappa shape index (κ3) is 1.86. The van der Waals surface area contributed by atoms with Crippen molar-refractivity contribution in [3.05, 3.63) is 42.1 Å². The van der Waals surface area contributed by atoms with Gasteiger partial charge in [-0.15, -0.1) is 0 Å². The molecular formula is C12H13N3O. The zero-order valence-corrected chi connectivity index (χ0v) is 9.34. The second-order valence-electron chi connectivity index (χ2n) is 3.50. The van der Waals surface area contributed by atoms with Gasteiger partial charge in [-0.05, 0) is 12.1 Å². The van der Waals surface area contributed by atoms with Crippen molar-refractivity contribution in [1.29, 1.82) is 0 Å². The highest BCUT2D eigenvalue weighted by Crippen LogP contribution is 2.09. The van der Waals surface area contributed by atoms with E-state index in [0.717, 1.165) is 18.1 Å². The van der Waals surface area contributed by atoms with Crippen LogP contribution in [0.1, 0.15) is 30.2 Å². The van der Waals surface area contributed by atoms with Gasteiger partial charge < -0.3 is 0 Å². The maximum absolute atomic E-state index is 11.2. The standard InChI is InChI=1S/C12H13N3O/c1-3-11-13-7-8-15(11)12-6-4-5-10(14-12)9(2)16/h4-8H,3H2,1-2H3. The van der Waals surface area contributed by atoms with E-state index in [2.05, 4.69) is 9.97 Å². The van der Waals surface area contributed by atoms with Crippen molar-refractivity contribution >= 4 is 5.78 Å². The molecule has 2 aromatic rings. The molecule has 2 rings (SSSR count). The number of nitrogens with zero attached hydrogens (tertiary/aromatic N) is 3. The number of hydrogen-bond acceptors (Lipinski definition) is 3. The average molecular weight is 215 g/mol. The Morgan fingerprint density at radius 1 is 1.44 bits per heavy atom. The van der Waals surface area contributed by atoms with Crippen LogP contribution in [0.5, 0.6) is 0 Å². The lowest BCUT2D eigenvalue weighted by molar-refractivity contribution is 0.101. The van der Waals surface area contributed by atoms with E-state index in [1.807, 2.05) is 29.8 Å². The lowest BCUT2D eigenvalue weighted by Gasteiger charge is -2.06. The van der Waals surface area contributed by atoms with E-state index in [1.54, 1.807) is 12.3 Å². The summed E-state index contributed by atoms with van der Waals surface area (Å²) in [4.78, 5) is 19.8. The number of carbonyl (C=O) groups is 1. The predicted octanol–water partition coefficient (Wildman–Crippen LogP) is 2.03. The van der Waals surface area contributed by atoms with Gasteiger partial charge >= 0.3 is 0 Å². The number of rotatable bonds is 3. The summed E-state index contributed by atoms with van der Waals surface area (Å²) < 4.78 is 1.90. The van der Waals surface area contributed by atoms with Gasteiger partial charge in [0.05, 0.1) is 0 Å². The molecule has 0 aliphatic rings. The van der Waals surface area contributed by atoms with Crippen molar-refractivity contribution in [2.24, 2.45) is 0 Å². The molecule has 0 unspecified atom stereocenters. The Kier molecular flexibility index (Phi) is 2.81. The van der Waals surface area contributed by atoms with Gasteiger partial charge in [0.2, 0.25) is 0 Å². The van der Waals surface area contributed by atoms with Crippen LogP contribution in [0, 0.1) is 0 Å². The Morgan fingerprint density at radius 3 is 2.94 bits per heavy atom. The summed E-state index contributed by atoms with van der Waals surface area (Å²) >= 11 is 0. The van der Waals surface area contributed by atoms with Gasteiger partial charge in [-0.2, -0.15) is 0 Å². The minimum Gasteiger partial charge on any atom is -0.293 e. The fourth-order valence-electron chi connectivity index (χ4n) is 1.56. The Hall–Kier alpha value is -1.97. The van der Waals surface area contributed by atoms with Crippen LogP contribution in [0.25, 0.3) is 5.82 Å². The predicted molar refractivity (Wildman–Crippen MR) is 60.7 cm³/mol. The number of pyridine rings is 1. The number of hydrogen-bond donors (Lipinski definition) is 0. The van der Waals surface area contributed by atoms with E-state index >= 15 is 0 Å². The molecule has 0 N–H and O–H groups in total. The van der Waals surface area contributed by atoms with Crippen LogP contribution in [-0.4, -0.2) is 20.3 Å². The number of aryl methyl sites for hydroxylation is 1. The molecule has 16 heavy (non-hydrogen) atoms. The summed E-state index contributed by atoms with van der Waals surface area (Å²) in [6.45, 7) is 3.55. The minimum atomic E-state index is -0.0278. The topological polar surface area (TPSA) is 47.8 Å². The molecule has 2 aromatic heterocycles. The van der Waals surface area contributed by atoms with Gasteiger partial charge in [0.15, 0.2) is 5.78 Å². The fraction of sp³-hybridized carbons (Fsp3) is 0.250. The molecule has 0 saturated heterocycles. The highest BCUT2D eigenvalue weighted by molar-refractivity contribution is 5.92. The molecule has 0 radical (unpaired) electrons. The van der Waals surface area contributed by atoms with E-state index in [1.165, 1.54) is 6.92 Å². The van der Waals surface area contributed by atoms with Crippen LogP contribution in [-0.2, 0) is 6.42 Å². The SMILES string of the molecule is CCc1nccn1-c1cccc(C(C)=O)n1. The van der Waals surface area contributed by atoms with Crippen LogP contribution >= 0.6 is 0 Å². The highest BCUT2D eigenvalue weighted by Gasteiger charge is 2.06. The normalized spacial score (nSPS) is 10.4. The number of carbonyl (C=O) groups excluding carboxylic acids is 1. The van der Waals surface area contributed by atoms with Crippen molar-refractivity contribution in [3.8, 4) is 5.82 Å². The molecule has 0 aromatic carbocycles. The van der Waals surface area contributed by atoms with E-state index in [0.29, 0.717) is 5.69 Å². The lowest BCUT2D eigenvalue weighted by Crippen LogP contribution is -2.05. The first-order valence-electron chi connectivity index (χ1n) is 5.23. The summed E-state index contributed by atoms with van der Waals surface area (Å²) in [6, 6.07) is 5.42. The molecule has 0 saturated carbocycles. The number of Topliss-reactive ketones (excluding diaryl/α,β-unsaturated/α-hetero) is 1. The number of ketones is 1. The van der Waals surface area contributed by atoms with E-state index in [4.69, 9.17) is 0 Å². The van der Waals surface area contributed by atoms with Gasteiger partial charge in [-0.3, -0.25) is 9.36 Å². The molecule has 4 heteroatoms. The summed E-state index contributed by atoms with van der Waals surface area (Å²) in [5.41, 5.74) is 0.480. The third-order valence-corrected chi connectivity index (χ3v) is 2.38. The summed E-state index contributed by atoms with van der Waals surface area (Å²) in [7, 11) is 0. The molecule has 4 nitrogen and oxygen atoms in total. The second-order valence-corrected chi connectivity index (χ2v) is 3.50. The molecule has 0 aliphatic heterocycles. The van der Waals surface area contributed by atoms with Crippen molar-refractivity contribution in [3.63, 3.8) is 0 Å². The summed E-state index contributed by atoms with van der Waals surface area (Å²) in [5, 5.41) is 0. The smallest absolute Gasteiger partial charge is 0.178 e. The summed E-state index contributed by atoms with van der Waals surface area (Å²) in [5.74, 6) is 1.65. The molecule has 82 valence electrons. The maximum Gasteiger partial charge on any atom is 0.178 e. The number of imidazole rings is 1. The van der Waals surface area contributed by atoms with Crippen molar-refractivity contribution in [2.45, 2.75) is 20.3 Å². The molecule has 0 amide bonds. The molecule has 0 bridgehead atoms. The average Bonchev–Trinajstić information content (AvgIpc) is 2.77. The molecule has 0 spiro atoms. The Labute approximate surface area is 94.0 Å². The second kappa shape index (κ2) is 4.26. The van der Waals surface area contributed by atoms with E-state index in [-0.39, 0.29) is 5.78 Å². The molecule has 0 atom stereocenters. The van der Waals surface area contributed by atoms with Gasteiger partial charge in [0.1, 0.15) is 17.3 Å².